The lowest BCUT2D eigenvalue weighted by atomic mass is 10.1. The highest BCUT2D eigenvalue weighted by Crippen LogP contribution is 2.34. The first-order chi connectivity index (χ1) is 12.3. The number of thiophene rings is 1. The molecule has 1 aromatic heterocycles. The van der Waals surface area contributed by atoms with Gasteiger partial charge in [-0.1, -0.05) is 0 Å². The lowest BCUT2D eigenvalue weighted by Crippen LogP contribution is -3.16. The van der Waals surface area contributed by atoms with Crippen LogP contribution in [0.4, 0.5) is 5.00 Å². The molecule has 0 bridgehead atoms. The van der Waals surface area contributed by atoms with Crippen LogP contribution in [0.2, 0.25) is 0 Å². The van der Waals surface area contributed by atoms with Crippen LogP contribution >= 0.6 is 11.3 Å². The summed E-state index contributed by atoms with van der Waals surface area (Å²) in [4.78, 5) is 37.8. The molecule has 0 aliphatic carbocycles. The smallest absolute Gasteiger partial charge is 0.348 e. The molecule has 1 fully saturated rings. The van der Waals surface area contributed by atoms with Gasteiger partial charge in [-0.2, -0.15) is 0 Å². The van der Waals surface area contributed by atoms with E-state index in [2.05, 4.69) is 5.32 Å². The van der Waals surface area contributed by atoms with E-state index in [0.29, 0.717) is 10.6 Å². The van der Waals surface area contributed by atoms with Crippen LogP contribution in [-0.2, 0) is 19.0 Å². The molecule has 1 saturated heterocycles. The average Bonchev–Trinajstić information content (AvgIpc) is 2.88. The van der Waals surface area contributed by atoms with Crippen molar-refractivity contribution in [3.63, 3.8) is 0 Å². The van der Waals surface area contributed by atoms with Crippen molar-refractivity contribution < 1.29 is 33.5 Å². The van der Waals surface area contributed by atoms with Gasteiger partial charge in [0.1, 0.15) is 35.2 Å². The molecular weight excluding hydrogens is 360 g/mol. The van der Waals surface area contributed by atoms with Crippen LogP contribution in [0.25, 0.3) is 0 Å². The Morgan fingerprint density at radius 2 is 1.73 bits per heavy atom. The van der Waals surface area contributed by atoms with Crippen molar-refractivity contribution in [2.24, 2.45) is 0 Å². The van der Waals surface area contributed by atoms with Crippen molar-refractivity contribution in [1.82, 2.24) is 0 Å². The minimum Gasteiger partial charge on any atom is -0.465 e. The van der Waals surface area contributed by atoms with Crippen molar-refractivity contribution in [2.45, 2.75) is 33.0 Å². The summed E-state index contributed by atoms with van der Waals surface area (Å²) in [6.45, 7) is 7.31. The number of nitrogens with one attached hydrogen (secondary N) is 2. The molecule has 1 aliphatic rings. The molecule has 1 unspecified atom stereocenters. The standard InChI is InChI=1S/C17H24N2O6S/c1-9-6-19(7-10(2)25-9)8-12(20)18-15-13(16(21)23-4)11(3)14(26-15)17(22)24-5/h9-10H,6-8H2,1-5H3,(H,18,20)/p+1/t9-,10+. The zero-order chi connectivity index (χ0) is 19.4. The first-order valence-electron chi connectivity index (χ1n) is 8.35. The lowest BCUT2D eigenvalue weighted by Gasteiger charge is -2.31. The molecule has 9 heteroatoms. The van der Waals surface area contributed by atoms with E-state index < -0.39 is 11.9 Å². The van der Waals surface area contributed by atoms with Gasteiger partial charge in [-0.15, -0.1) is 11.3 Å². The second kappa shape index (κ2) is 8.61. The second-order valence-corrected chi connectivity index (χ2v) is 7.40. The molecule has 1 aliphatic heterocycles. The number of hydrogen-bond donors (Lipinski definition) is 2. The summed E-state index contributed by atoms with van der Waals surface area (Å²) >= 11 is 1.01. The number of amides is 1. The summed E-state index contributed by atoms with van der Waals surface area (Å²) in [5.41, 5.74) is 0.620. The summed E-state index contributed by atoms with van der Waals surface area (Å²) < 4.78 is 15.2. The minimum atomic E-state index is -0.606. The van der Waals surface area contributed by atoms with Crippen LogP contribution in [0.1, 0.15) is 39.4 Å². The predicted molar refractivity (Wildman–Crippen MR) is 95.9 cm³/mol. The van der Waals surface area contributed by atoms with E-state index in [1.807, 2.05) is 13.8 Å². The normalized spacial score (nSPS) is 22.6. The highest BCUT2D eigenvalue weighted by Gasteiger charge is 2.30. The molecule has 26 heavy (non-hydrogen) atoms. The summed E-state index contributed by atoms with van der Waals surface area (Å²) in [5.74, 6) is -1.39. The van der Waals surface area contributed by atoms with Gasteiger partial charge >= 0.3 is 11.9 Å². The number of quaternary nitrogens is 1. The Hall–Kier alpha value is -1.97. The fourth-order valence-corrected chi connectivity index (χ4v) is 4.30. The molecule has 2 rings (SSSR count). The molecule has 8 nitrogen and oxygen atoms in total. The maximum absolute atomic E-state index is 12.5. The Labute approximate surface area is 156 Å². The first-order valence-corrected chi connectivity index (χ1v) is 9.17. The zero-order valence-electron chi connectivity index (χ0n) is 15.6. The highest BCUT2D eigenvalue weighted by molar-refractivity contribution is 7.18. The highest BCUT2D eigenvalue weighted by atomic mass is 32.1. The van der Waals surface area contributed by atoms with Crippen LogP contribution in [0, 0.1) is 6.92 Å². The van der Waals surface area contributed by atoms with E-state index in [0.717, 1.165) is 29.3 Å². The molecule has 2 heterocycles. The van der Waals surface area contributed by atoms with Crippen LogP contribution < -0.4 is 10.2 Å². The number of carbonyl (C=O) groups is 3. The van der Waals surface area contributed by atoms with Gasteiger partial charge in [-0.25, -0.2) is 9.59 Å². The largest absolute Gasteiger partial charge is 0.465 e. The van der Waals surface area contributed by atoms with Gasteiger partial charge in [0.2, 0.25) is 0 Å². The monoisotopic (exact) mass is 385 g/mol. The quantitative estimate of drug-likeness (QED) is 0.706. The SMILES string of the molecule is COC(=O)c1sc(NC(=O)C[NH+]2C[C@@H](C)O[C@@H](C)C2)c(C(=O)OC)c1C. The Kier molecular flexibility index (Phi) is 6.74. The van der Waals surface area contributed by atoms with Crippen LogP contribution in [-0.4, -0.2) is 63.9 Å². The van der Waals surface area contributed by atoms with Crippen LogP contribution in [0.15, 0.2) is 0 Å². The number of esters is 2. The maximum atomic E-state index is 12.5. The van der Waals surface area contributed by atoms with E-state index in [-0.39, 0.29) is 35.1 Å². The average molecular weight is 385 g/mol. The van der Waals surface area contributed by atoms with E-state index >= 15 is 0 Å². The Morgan fingerprint density at radius 3 is 2.27 bits per heavy atom. The number of anilines is 1. The number of methoxy groups -OCH3 is 2. The van der Waals surface area contributed by atoms with Crippen molar-refractivity contribution in [1.29, 1.82) is 0 Å². The van der Waals surface area contributed by atoms with Crippen molar-refractivity contribution in [2.75, 3.05) is 39.2 Å². The topological polar surface area (TPSA) is 95.4 Å². The van der Waals surface area contributed by atoms with Crippen molar-refractivity contribution in [3.05, 3.63) is 16.0 Å². The third-order valence-electron chi connectivity index (χ3n) is 4.19. The number of morpholine rings is 1. The zero-order valence-corrected chi connectivity index (χ0v) is 16.5. The van der Waals surface area contributed by atoms with Gasteiger partial charge in [-0.05, 0) is 26.3 Å². The second-order valence-electron chi connectivity index (χ2n) is 6.38. The Bertz CT molecular complexity index is 692. The van der Waals surface area contributed by atoms with Gasteiger partial charge in [0.25, 0.3) is 5.91 Å². The van der Waals surface area contributed by atoms with Gasteiger partial charge in [0.15, 0.2) is 6.54 Å². The predicted octanol–water partition coefficient (Wildman–Crippen LogP) is 0.260. The van der Waals surface area contributed by atoms with E-state index in [1.165, 1.54) is 14.2 Å². The number of ether oxygens (including phenoxy) is 3. The number of rotatable bonds is 5. The van der Waals surface area contributed by atoms with Gasteiger partial charge < -0.3 is 24.4 Å². The molecule has 0 saturated carbocycles. The summed E-state index contributed by atoms with van der Waals surface area (Å²) in [6.07, 6.45) is 0.171. The van der Waals surface area contributed by atoms with Crippen molar-refractivity contribution in [3.8, 4) is 0 Å². The molecule has 1 amide bonds. The van der Waals surface area contributed by atoms with E-state index in [9.17, 15) is 14.4 Å². The summed E-state index contributed by atoms with van der Waals surface area (Å²) in [6, 6.07) is 0. The maximum Gasteiger partial charge on any atom is 0.348 e. The van der Waals surface area contributed by atoms with Crippen LogP contribution in [0.5, 0.6) is 0 Å². The fraction of sp³-hybridized carbons (Fsp3) is 0.588. The van der Waals surface area contributed by atoms with Gasteiger partial charge in [-0.3, -0.25) is 4.79 Å². The first kappa shape index (κ1) is 20.3. The molecule has 3 atom stereocenters. The van der Waals surface area contributed by atoms with Gasteiger partial charge in [0.05, 0.1) is 19.8 Å². The summed E-state index contributed by atoms with van der Waals surface area (Å²) in [7, 11) is 2.52. The molecule has 1 aromatic rings. The van der Waals surface area contributed by atoms with E-state index in [1.54, 1.807) is 6.92 Å². The Morgan fingerprint density at radius 1 is 1.15 bits per heavy atom. The molecule has 0 radical (unpaired) electrons. The number of hydrogen-bond acceptors (Lipinski definition) is 7. The third-order valence-corrected chi connectivity index (χ3v) is 5.37. The van der Waals surface area contributed by atoms with Gasteiger partial charge in [0, 0.05) is 0 Å². The lowest BCUT2D eigenvalue weighted by molar-refractivity contribution is -0.907. The molecular formula is C17H25N2O6S+. The van der Waals surface area contributed by atoms with Crippen molar-refractivity contribution >= 4 is 34.2 Å². The molecule has 0 aromatic carbocycles. The van der Waals surface area contributed by atoms with E-state index in [4.69, 9.17) is 14.2 Å². The molecule has 2 N–H and O–H groups in total. The van der Waals surface area contributed by atoms with Crippen LogP contribution in [0.3, 0.4) is 0 Å². The molecule has 144 valence electrons. The summed E-state index contributed by atoms with van der Waals surface area (Å²) in [5, 5.41) is 3.05. The third kappa shape index (κ3) is 4.60. The fourth-order valence-electron chi connectivity index (χ4n) is 3.17. The Balaban J connectivity index is 2.18. The minimum absolute atomic E-state index is 0.0853. The number of carbonyl (C=O) groups excluding carboxylic acids is 3. The molecule has 0 spiro atoms.